The summed E-state index contributed by atoms with van der Waals surface area (Å²) in [4.78, 5) is 8.72. The quantitative estimate of drug-likeness (QED) is 0.453. The molecule has 122 valence electrons. The van der Waals surface area contributed by atoms with Crippen LogP contribution < -0.4 is 15.4 Å². The van der Waals surface area contributed by atoms with E-state index in [0.717, 1.165) is 19.0 Å². The SMILES string of the molecule is CCNC(=NCC1CCCS1)NCCOc1ncccc1Cl. The lowest BCUT2D eigenvalue weighted by molar-refractivity contribution is 0.310. The molecule has 0 amide bonds. The van der Waals surface area contributed by atoms with E-state index in [2.05, 4.69) is 27.5 Å². The molecule has 0 spiro atoms. The maximum absolute atomic E-state index is 5.99. The molecule has 1 unspecified atom stereocenters. The van der Waals surface area contributed by atoms with Gasteiger partial charge in [0.1, 0.15) is 11.6 Å². The van der Waals surface area contributed by atoms with Gasteiger partial charge in [-0.25, -0.2) is 4.98 Å². The van der Waals surface area contributed by atoms with Crippen molar-refractivity contribution in [3.8, 4) is 5.88 Å². The van der Waals surface area contributed by atoms with Crippen LogP contribution in [0.4, 0.5) is 0 Å². The maximum atomic E-state index is 5.99. The number of pyridine rings is 1. The van der Waals surface area contributed by atoms with E-state index in [1.54, 1.807) is 18.3 Å². The molecule has 1 aliphatic rings. The third-order valence-corrected chi connectivity index (χ3v) is 4.85. The van der Waals surface area contributed by atoms with Crippen molar-refractivity contribution in [3.05, 3.63) is 23.4 Å². The molecule has 1 fully saturated rings. The van der Waals surface area contributed by atoms with Gasteiger partial charge in [0, 0.05) is 18.0 Å². The summed E-state index contributed by atoms with van der Waals surface area (Å²) in [6.07, 6.45) is 4.25. The highest BCUT2D eigenvalue weighted by Gasteiger charge is 2.14. The van der Waals surface area contributed by atoms with Crippen molar-refractivity contribution in [2.24, 2.45) is 4.99 Å². The molecule has 1 aromatic rings. The van der Waals surface area contributed by atoms with Crippen LogP contribution in [0, 0.1) is 0 Å². The van der Waals surface area contributed by atoms with Crippen LogP contribution in [0.2, 0.25) is 5.02 Å². The molecule has 7 heteroatoms. The first-order valence-corrected chi connectivity index (χ1v) is 9.09. The summed E-state index contributed by atoms with van der Waals surface area (Å²) in [6, 6.07) is 3.55. The summed E-state index contributed by atoms with van der Waals surface area (Å²) >= 11 is 8.01. The Labute approximate surface area is 141 Å². The molecular weight excluding hydrogens is 320 g/mol. The molecule has 0 bridgehead atoms. The lowest BCUT2D eigenvalue weighted by atomic mass is 10.2. The minimum atomic E-state index is 0.468. The summed E-state index contributed by atoms with van der Waals surface area (Å²) in [5, 5.41) is 7.71. The molecule has 22 heavy (non-hydrogen) atoms. The monoisotopic (exact) mass is 342 g/mol. The number of ether oxygens (including phenoxy) is 1. The molecule has 0 radical (unpaired) electrons. The largest absolute Gasteiger partial charge is 0.475 e. The van der Waals surface area contributed by atoms with Crippen LogP contribution in [0.3, 0.4) is 0 Å². The fourth-order valence-corrected chi connectivity index (χ4v) is 3.47. The molecular formula is C15H23ClN4OS. The molecule has 1 saturated heterocycles. The highest BCUT2D eigenvalue weighted by Crippen LogP contribution is 2.26. The average Bonchev–Trinajstić information content (AvgIpc) is 3.04. The Bertz CT molecular complexity index is 480. The van der Waals surface area contributed by atoms with Crippen molar-refractivity contribution < 1.29 is 4.74 Å². The first-order chi connectivity index (χ1) is 10.8. The Balaban J connectivity index is 1.71. The lowest BCUT2D eigenvalue weighted by Gasteiger charge is -2.13. The number of guanidine groups is 1. The number of hydrogen-bond donors (Lipinski definition) is 2. The number of hydrogen-bond acceptors (Lipinski definition) is 4. The van der Waals surface area contributed by atoms with Gasteiger partial charge in [0.15, 0.2) is 5.96 Å². The van der Waals surface area contributed by atoms with Crippen molar-refractivity contribution in [3.63, 3.8) is 0 Å². The van der Waals surface area contributed by atoms with E-state index in [0.29, 0.717) is 29.3 Å². The van der Waals surface area contributed by atoms with Crippen molar-refractivity contribution >= 4 is 29.3 Å². The van der Waals surface area contributed by atoms with Crippen LogP contribution in [-0.4, -0.2) is 48.2 Å². The summed E-state index contributed by atoms with van der Waals surface area (Å²) < 4.78 is 5.55. The fraction of sp³-hybridized carbons (Fsp3) is 0.600. The molecule has 2 N–H and O–H groups in total. The fourth-order valence-electron chi connectivity index (χ4n) is 2.12. The van der Waals surface area contributed by atoms with Crippen LogP contribution in [-0.2, 0) is 0 Å². The van der Waals surface area contributed by atoms with Gasteiger partial charge in [0.2, 0.25) is 5.88 Å². The molecule has 2 heterocycles. The van der Waals surface area contributed by atoms with Crippen molar-refractivity contribution in [2.75, 3.05) is 32.0 Å². The average molecular weight is 343 g/mol. The second kappa shape index (κ2) is 9.79. The maximum Gasteiger partial charge on any atom is 0.232 e. The molecule has 0 aromatic carbocycles. The van der Waals surface area contributed by atoms with Gasteiger partial charge >= 0.3 is 0 Å². The summed E-state index contributed by atoms with van der Waals surface area (Å²) in [5.74, 6) is 2.57. The van der Waals surface area contributed by atoms with Crippen molar-refractivity contribution in [2.45, 2.75) is 25.0 Å². The van der Waals surface area contributed by atoms with Crippen molar-refractivity contribution in [1.82, 2.24) is 15.6 Å². The minimum Gasteiger partial charge on any atom is -0.475 e. The number of thioether (sulfide) groups is 1. The molecule has 2 rings (SSSR count). The predicted molar refractivity (Wildman–Crippen MR) is 94.2 cm³/mol. The predicted octanol–water partition coefficient (Wildman–Crippen LogP) is 2.56. The minimum absolute atomic E-state index is 0.468. The molecule has 0 aliphatic carbocycles. The van der Waals surface area contributed by atoms with Crippen molar-refractivity contribution in [1.29, 1.82) is 0 Å². The number of aromatic nitrogens is 1. The Kier molecular flexibility index (Phi) is 7.66. The highest BCUT2D eigenvalue weighted by molar-refractivity contribution is 8.00. The van der Waals surface area contributed by atoms with Gasteiger partial charge < -0.3 is 15.4 Å². The molecule has 1 aromatic heterocycles. The first-order valence-electron chi connectivity index (χ1n) is 7.66. The Morgan fingerprint density at radius 2 is 2.45 bits per heavy atom. The van der Waals surface area contributed by atoms with Gasteiger partial charge in [-0.05, 0) is 37.7 Å². The second-order valence-corrected chi connectivity index (χ2v) is 6.74. The topological polar surface area (TPSA) is 58.5 Å². The highest BCUT2D eigenvalue weighted by atomic mass is 35.5. The van der Waals surface area contributed by atoms with E-state index in [-0.39, 0.29) is 0 Å². The number of nitrogens with zero attached hydrogens (tertiary/aromatic N) is 2. The third-order valence-electron chi connectivity index (χ3n) is 3.18. The van der Waals surface area contributed by atoms with E-state index in [1.807, 2.05) is 11.8 Å². The standard InChI is InChI=1S/C15H23ClN4OS/c1-2-17-15(20-11-12-5-4-10-22-12)19-8-9-21-14-13(16)6-3-7-18-14/h3,6-7,12H,2,4-5,8-11H2,1H3,(H2,17,19,20). The van der Waals surface area contributed by atoms with Crippen LogP contribution in [0.25, 0.3) is 0 Å². The van der Waals surface area contributed by atoms with Gasteiger partial charge in [-0.1, -0.05) is 11.6 Å². The van der Waals surface area contributed by atoms with Crippen LogP contribution in [0.5, 0.6) is 5.88 Å². The second-order valence-electron chi connectivity index (χ2n) is 4.92. The molecule has 1 aliphatic heterocycles. The first kappa shape index (κ1) is 17.2. The number of rotatable bonds is 7. The number of halogens is 1. The Hall–Kier alpha value is -1.14. The zero-order valence-electron chi connectivity index (χ0n) is 12.8. The molecule has 1 atom stereocenters. The van der Waals surface area contributed by atoms with Gasteiger partial charge in [-0.3, -0.25) is 4.99 Å². The van der Waals surface area contributed by atoms with E-state index >= 15 is 0 Å². The number of aliphatic imine (C=N–C) groups is 1. The zero-order valence-corrected chi connectivity index (χ0v) is 14.4. The smallest absolute Gasteiger partial charge is 0.232 e. The van der Waals surface area contributed by atoms with E-state index < -0.39 is 0 Å². The van der Waals surface area contributed by atoms with E-state index in [4.69, 9.17) is 16.3 Å². The van der Waals surface area contributed by atoms with Gasteiger partial charge in [0.25, 0.3) is 0 Å². The zero-order chi connectivity index (χ0) is 15.6. The van der Waals surface area contributed by atoms with Gasteiger partial charge in [0.05, 0.1) is 13.1 Å². The molecule has 5 nitrogen and oxygen atoms in total. The Morgan fingerprint density at radius 1 is 1.55 bits per heavy atom. The summed E-state index contributed by atoms with van der Waals surface area (Å²) in [6.45, 7) is 4.91. The van der Waals surface area contributed by atoms with Gasteiger partial charge in [-0.2, -0.15) is 11.8 Å². The van der Waals surface area contributed by atoms with Crippen LogP contribution in [0.15, 0.2) is 23.3 Å². The lowest BCUT2D eigenvalue weighted by Crippen LogP contribution is -2.39. The van der Waals surface area contributed by atoms with Crippen LogP contribution in [0.1, 0.15) is 19.8 Å². The van der Waals surface area contributed by atoms with E-state index in [1.165, 1.54) is 18.6 Å². The third kappa shape index (κ3) is 5.93. The van der Waals surface area contributed by atoms with Gasteiger partial charge in [-0.15, -0.1) is 0 Å². The van der Waals surface area contributed by atoms with E-state index in [9.17, 15) is 0 Å². The Morgan fingerprint density at radius 3 is 3.18 bits per heavy atom. The number of nitrogens with one attached hydrogen (secondary N) is 2. The molecule has 0 saturated carbocycles. The summed E-state index contributed by atoms with van der Waals surface area (Å²) in [5.41, 5.74) is 0. The summed E-state index contributed by atoms with van der Waals surface area (Å²) in [7, 11) is 0. The normalized spacial score (nSPS) is 18.3. The van der Waals surface area contributed by atoms with Crippen LogP contribution >= 0.6 is 23.4 Å².